The molecule has 2 rings (SSSR count). The molecule has 1 nitrogen and oxygen atoms in total. The molecule has 0 spiro atoms. The molecule has 0 unspecified atom stereocenters. The highest BCUT2D eigenvalue weighted by Gasteiger charge is 2.35. The van der Waals surface area contributed by atoms with Gasteiger partial charge in [0.25, 0.3) is 0 Å². The van der Waals surface area contributed by atoms with Gasteiger partial charge in [-0.05, 0) is 48.7 Å². The molecule has 0 aliphatic heterocycles. The van der Waals surface area contributed by atoms with Gasteiger partial charge in [0.2, 0.25) is 0 Å². The second-order valence-electron chi connectivity index (χ2n) is 4.09. The van der Waals surface area contributed by atoms with E-state index in [0.29, 0.717) is 0 Å². The zero-order chi connectivity index (χ0) is 11.8. The summed E-state index contributed by atoms with van der Waals surface area (Å²) >= 11 is -0.0900. The Labute approximate surface area is 96.2 Å². The van der Waals surface area contributed by atoms with Crippen LogP contribution < -0.4 is 5.73 Å². The lowest BCUT2D eigenvalue weighted by molar-refractivity contribution is -0.0328. The molecule has 16 heavy (non-hydrogen) atoms. The first-order chi connectivity index (χ1) is 7.39. The van der Waals surface area contributed by atoms with Crippen LogP contribution in [0.1, 0.15) is 24.8 Å². The molecule has 0 bridgehead atoms. The third kappa shape index (κ3) is 2.52. The van der Waals surface area contributed by atoms with Crippen molar-refractivity contribution in [2.45, 2.75) is 35.2 Å². The Bertz CT molecular complexity index is 385. The van der Waals surface area contributed by atoms with Crippen molar-refractivity contribution < 1.29 is 13.2 Å². The average molecular weight is 247 g/mol. The van der Waals surface area contributed by atoms with E-state index in [0.717, 1.165) is 24.8 Å². The fourth-order valence-corrected chi connectivity index (χ4v) is 2.45. The highest BCUT2D eigenvalue weighted by Crippen LogP contribution is 2.42. The summed E-state index contributed by atoms with van der Waals surface area (Å²) in [6, 6.07) is 6.46. The molecule has 1 aromatic rings. The van der Waals surface area contributed by atoms with E-state index in [9.17, 15) is 13.2 Å². The fourth-order valence-electron chi connectivity index (χ4n) is 1.85. The molecule has 5 heteroatoms. The molecule has 0 amide bonds. The van der Waals surface area contributed by atoms with Crippen molar-refractivity contribution in [3.63, 3.8) is 0 Å². The minimum atomic E-state index is -4.24. The molecule has 1 aromatic carbocycles. The second kappa shape index (κ2) is 3.96. The number of rotatable bonds is 2. The molecule has 1 aliphatic rings. The van der Waals surface area contributed by atoms with Gasteiger partial charge in [-0.15, -0.1) is 0 Å². The van der Waals surface area contributed by atoms with Gasteiger partial charge in [-0.1, -0.05) is 12.1 Å². The predicted molar refractivity (Wildman–Crippen MR) is 58.1 cm³/mol. The van der Waals surface area contributed by atoms with Gasteiger partial charge in [0, 0.05) is 10.4 Å². The zero-order valence-corrected chi connectivity index (χ0v) is 9.37. The monoisotopic (exact) mass is 247 g/mol. The molecular weight excluding hydrogens is 235 g/mol. The molecule has 0 radical (unpaired) electrons. The lowest BCUT2D eigenvalue weighted by Crippen LogP contribution is -2.43. The van der Waals surface area contributed by atoms with Crippen LogP contribution in [-0.4, -0.2) is 5.51 Å². The number of nitrogens with two attached hydrogens (primary N) is 1. The van der Waals surface area contributed by atoms with E-state index in [1.807, 2.05) is 0 Å². The summed E-state index contributed by atoms with van der Waals surface area (Å²) in [5, 5.41) is 0. The highest BCUT2D eigenvalue weighted by atomic mass is 32.2. The van der Waals surface area contributed by atoms with Gasteiger partial charge in [-0.25, -0.2) is 0 Å². The van der Waals surface area contributed by atoms with E-state index in [-0.39, 0.29) is 16.7 Å². The molecule has 0 saturated heterocycles. The largest absolute Gasteiger partial charge is 0.446 e. The van der Waals surface area contributed by atoms with Crippen LogP contribution in [0.4, 0.5) is 13.2 Å². The van der Waals surface area contributed by atoms with Crippen molar-refractivity contribution in [1.82, 2.24) is 0 Å². The molecule has 88 valence electrons. The number of hydrogen-bond donors (Lipinski definition) is 1. The van der Waals surface area contributed by atoms with E-state index in [4.69, 9.17) is 5.73 Å². The van der Waals surface area contributed by atoms with Crippen molar-refractivity contribution in [1.29, 1.82) is 0 Å². The maximum Gasteiger partial charge on any atom is 0.446 e. The van der Waals surface area contributed by atoms with Gasteiger partial charge in [-0.2, -0.15) is 13.2 Å². The number of thioether (sulfide) groups is 1. The second-order valence-corrected chi connectivity index (χ2v) is 5.22. The Balaban J connectivity index is 2.20. The first-order valence-electron chi connectivity index (χ1n) is 5.04. The molecular formula is C11H12F3NS. The van der Waals surface area contributed by atoms with Crippen molar-refractivity contribution in [3.05, 3.63) is 29.8 Å². The lowest BCUT2D eigenvalue weighted by atomic mass is 9.73. The van der Waals surface area contributed by atoms with Crippen molar-refractivity contribution in [3.8, 4) is 0 Å². The Morgan fingerprint density at radius 1 is 1.25 bits per heavy atom. The minimum absolute atomic E-state index is 0.0900. The SMILES string of the molecule is NC1(c2cccc(SC(F)(F)F)c2)CCC1. The van der Waals surface area contributed by atoms with Crippen molar-refractivity contribution in [2.75, 3.05) is 0 Å². The van der Waals surface area contributed by atoms with Crippen molar-refractivity contribution in [2.24, 2.45) is 5.73 Å². The van der Waals surface area contributed by atoms with E-state index >= 15 is 0 Å². The summed E-state index contributed by atoms with van der Waals surface area (Å²) in [5.41, 5.74) is 2.24. The number of halogens is 3. The Kier molecular flexibility index (Phi) is 2.92. The zero-order valence-electron chi connectivity index (χ0n) is 8.55. The van der Waals surface area contributed by atoms with Gasteiger partial charge < -0.3 is 5.73 Å². The average Bonchev–Trinajstić information content (AvgIpc) is 2.12. The van der Waals surface area contributed by atoms with Crippen LogP contribution in [-0.2, 0) is 5.54 Å². The van der Waals surface area contributed by atoms with E-state index in [2.05, 4.69) is 0 Å². The van der Waals surface area contributed by atoms with Gasteiger partial charge in [-0.3, -0.25) is 0 Å². The Morgan fingerprint density at radius 3 is 2.44 bits per heavy atom. The van der Waals surface area contributed by atoms with Gasteiger partial charge in [0.05, 0.1) is 0 Å². The summed E-state index contributed by atoms with van der Waals surface area (Å²) in [6.45, 7) is 0. The molecule has 1 saturated carbocycles. The summed E-state index contributed by atoms with van der Waals surface area (Å²) in [7, 11) is 0. The van der Waals surface area contributed by atoms with Gasteiger partial charge in [0.15, 0.2) is 0 Å². The van der Waals surface area contributed by atoms with Gasteiger partial charge in [0.1, 0.15) is 0 Å². The first-order valence-corrected chi connectivity index (χ1v) is 5.86. The Hall–Kier alpha value is -0.680. The van der Waals surface area contributed by atoms with Crippen LogP contribution in [0.2, 0.25) is 0 Å². The molecule has 0 atom stereocenters. The van der Waals surface area contributed by atoms with Crippen LogP contribution in [0.5, 0.6) is 0 Å². The molecule has 1 aliphatic carbocycles. The maximum absolute atomic E-state index is 12.2. The van der Waals surface area contributed by atoms with E-state index in [1.165, 1.54) is 6.07 Å². The number of hydrogen-bond acceptors (Lipinski definition) is 2. The molecule has 0 heterocycles. The summed E-state index contributed by atoms with van der Waals surface area (Å²) in [4.78, 5) is 0.210. The topological polar surface area (TPSA) is 26.0 Å². The standard InChI is InChI=1S/C11H12F3NS/c12-11(13,14)16-9-4-1-3-8(7-9)10(15)5-2-6-10/h1,3-4,7H,2,5-6,15H2. The summed E-state index contributed by atoms with van der Waals surface area (Å²) in [5.74, 6) is 0. The van der Waals surface area contributed by atoms with E-state index in [1.54, 1.807) is 18.2 Å². The van der Waals surface area contributed by atoms with Crippen LogP contribution in [0.15, 0.2) is 29.2 Å². The van der Waals surface area contributed by atoms with Crippen LogP contribution in [0.25, 0.3) is 0 Å². The third-order valence-corrected chi connectivity index (χ3v) is 3.61. The quantitative estimate of drug-likeness (QED) is 0.807. The normalized spacial score (nSPS) is 19.2. The summed E-state index contributed by atoms with van der Waals surface area (Å²) in [6.07, 6.45) is 2.76. The molecule has 0 aromatic heterocycles. The van der Waals surface area contributed by atoms with Crippen molar-refractivity contribution >= 4 is 11.8 Å². The highest BCUT2D eigenvalue weighted by molar-refractivity contribution is 8.00. The predicted octanol–water partition coefficient (Wildman–Crippen LogP) is 3.64. The lowest BCUT2D eigenvalue weighted by Gasteiger charge is -2.38. The number of benzene rings is 1. The maximum atomic E-state index is 12.2. The van der Waals surface area contributed by atoms with Crippen LogP contribution >= 0.6 is 11.8 Å². The number of alkyl halides is 3. The minimum Gasteiger partial charge on any atom is -0.321 e. The first kappa shape index (κ1) is 11.8. The Morgan fingerprint density at radius 2 is 1.94 bits per heavy atom. The van der Waals surface area contributed by atoms with Crippen LogP contribution in [0.3, 0.4) is 0 Å². The smallest absolute Gasteiger partial charge is 0.321 e. The third-order valence-electron chi connectivity index (χ3n) is 2.89. The molecule has 2 N–H and O–H groups in total. The fraction of sp³-hybridized carbons (Fsp3) is 0.455. The molecule has 1 fully saturated rings. The van der Waals surface area contributed by atoms with E-state index < -0.39 is 11.0 Å². The van der Waals surface area contributed by atoms with Gasteiger partial charge >= 0.3 is 5.51 Å². The van der Waals surface area contributed by atoms with Crippen LogP contribution in [0, 0.1) is 0 Å². The summed E-state index contributed by atoms with van der Waals surface area (Å²) < 4.78 is 36.6.